The second-order valence-electron chi connectivity index (χ2n) is 4.53. The Labute approximate surface area is 116 Å². The molecule has 6 heteroatoms. The molecule has 0 aliphatic rings. The van der Waals surface area contributed by atoms with Gasteiger partial charge >= 0.3 is 5.69 Å². The Morgan fingerprint density at radius 3 is 2.85 bits per heavy atom. The van der Waals surface area contributed by atoms with Crippen LogP contribution in [0, 0.1) is 17.0 Å². The third-order valence-corrected chi connectivity index (χ3v) is 2.88. The lowest BCUT2D eigenvalue weighted by Crippen LogP contribution is -2.09. The van der Waals surface area contributed by atoms with Gasteiger partial charge in [0.15, 0.2) is 0 Å². The number of rotatable bonds is 5. The van der Waals surface area contributed by atoms with Crippen LogP contribution in [0.25, 0.3) is 0 Å². The van der Waals surface area contributed by atoms with E-state index in [2.05, 4.69) is 16.4 Å². The van der Waals surface area contributed by atoms with Crippen molar-refractivity contribution in [2.75, 3.05) is 17.6 Å². The molecule has 0 spiro atoms. The van der Waals surface area contributed by atoms with Crippen molar-refractivity contribution < 1.29 is 4.92 Å². The summed E-state index contributed by atoms with van der Waals surface area (Å²) < 4.78 is 0. The van der Waals surface area contributed by atoms with Crippen molar-refractivity contribution in [1.82, 2.24) is 4.98 Å². The Balaban J connectivity index is 2.04. The van der Waals surface area contributed by atoms with Crippen LogP contribution >= 0.6 is 0 Å². The highest BCUT2D eigenvalue weighted by atomic mass is 16.6. The molecule has 0 aliphatic heterocycles. The molecule has 2 rings (SSSR count). The molecule has 3 N–H and O–H groups in total. The van der Waals surface area contributed by atoms with E-state index in [1.807, 2.05) is 25.1 Å². The van der Waals surface area contributed by atoms with Gasteiger partial charge < -0.3 is 11.1 Å². The quantitative estimate of drug-likeness (QED) is 0.644. The number of pyridine rings is 1. The summed E-state index contributed by atoms with van der Waals surface area (Å²) in [6.45, 7) is 2.59. The molecule has 0 bridgehead atoms. The minimum Gasteiger partial charge on any atom is -0.384 e. The maximum absolute atomic E-state index is 10.9. The van der Waals surface area contributed by atoms with Crippen molar-refractivity contribution in [2.24, 2.45) is 0 Å². The molecular formula is C14H16N4O2. The molecule has 1 aromatic heterocycles. The smallest absolute Gasteiger partial charge is 0.311 e. The zero-order chi connectivity index (χ0) is 14.5. The zero-order valence-electron chi connectivity index (χ0n) is 11.2. The van der Waals surface area contributed by atoms with Gasteiger partial charge in [0.25, 0.3) is 0 Å². The number of aryl methyl sites for hydroxylation is 1. The van der Waals surface area contributed by atoms with Crippen molar-refractivity contribution in [3.05, 3.63) is 57.6 Å². The highest BCUT2D eigenvalue weighted by Crippen LogP contribution is 2.22. The number of nitro groups is 1. The van der Waals surface area contributed by atoms with Crippen LogP contribution in [0.1, 0.15) is 11.1 Å². The maximum Gasteiger partial charge on any atom is 0.311 e. The number of anilines is 2. The third kappa shape index (κ3) is 3.44. The summed E-state index contributed by atoms with van der Waals surface area (Å²) in [5.74, 6) is 0.469. The SMILES string of the molecule is Cc1cccc(CCNc2nc(N)ccc2[N+](=O)[O-])c1. The minimum atomic E-state index is -0.471. The topological polar surface area (TPSA) is 94.1 Å². The van der Waals surface area contributed by atoms with E-state index in [1.165, 1.54) is 23.3 Å². The van der Waals surface area contributed by atoms with Gasteiger partial charge in [-0.2, -0.15) is 0 Å². The first-order valence-electron chi connectivity index (χ1n) is 6.26. The first-order valence-corrected chi connectivity index (χ1v) is 6.26. The number of hydrogen-bond acceptors (Lipinski definition) is 5. The van der Waals surface area contributed by atoms with Crippen LogP contribution in [0.4, 0.5) is 17.3 Å². The van der Waals surface area contributed by atoms with Crippen molar-refractivity contribution >= 4 is 17.3 Å². The standard InChI is InChI=1S/C14H16N4O2/c1-10-3-2-4-11(9-10)7-8-16-14-12(18(19)20)5-6-13(15)17-14/h2-6,9H,7-8H2,1H3,(H3,15,16,17). The Morgan fingerprint density at radius 1 is 1.35 bits per heavy atom. The second-order valence-corrected chi connectivity index (χ2v) is 4.53. The lowest BCUT2D eigenvalue weighted by molar-refractivity contribution is -0.384. The molecule has 0 radical (unpaired) electrons. The maximum atomic E-state index is 10.9. The molecular weight excluding hydrogens is 256 g/mol. The van der Waals surface area contributed by atoms with Gasteiger partial charge in [-0.1, -0.05) is 29.8 Å². The summed E-state index contributed by atoms with van der Waals surface area (Å²) in [6, 6.07) is 10.9. The molecule has 0 fully saturated rings. The van der Waals surface area contributed by atoms with E-state index in [0.29, 0.717) is 6.54 Å². The van der Waals surface area contributed by atoms with E-state index >= 15 is 0 Å². The predicted molar refractivity (Wildman–Crippen MR) is 78.7 cm³/mol. The van der Waals surface area contributed by atoms with Crippen molar-refractivity contribution in [3.8, 4) is 0 Å². The number of nitrogens with zero attached hydrogens (tertiary/aromatic N) is 2. The fourth-order valence-electron chi connectivity index (χ4n) is 1.94. The predicted octanol–water partition coefficient (Wildman–Crippen LogP) is 2.54. The summed E-state index contributed by atoms with van der Waals surface area (Å²) in [7, 11) is 0. The average molecular weight is 272 g/mol. The van der Waals surface area contributed by atoms with Crippen molar-refractivity contribution in [2.45, 2.75) is 13.3 Å². The van der Waals surface area contributed by atoms with Gasteiger partial charge in [0, 0.05) is 12.6 Å². The summed E-state index contributed by atoms with van der Waals surface area (Å²) in [5.41, 5.74) is 7.85. The van der Waals surface area contributed by atoms with Gasteiger partial charge in [-0.3, -0.25) is 10.1 Å². The molecule has 0 amide bonds. The van der Waals surface area contributed by atoms with Gasteiger partial charge in [0.2, 0.25) is 5.82 Å². The largest absolute Gasteiger partial charge is 0.384 e. The van der Waals surface area contributed by atoms with Crippen LogP contribution in [0.3, 0.4) is 0 Å². The van der Waals surface area contributed by atoms with E-state index in [0.717, 1.165) is 6.42 Å². The van der Waals surface area contributed by atoms with E-state index in [9.17, 15) is 10.1 Å². The highest BCUT2D eigenvalue weighted by molar-refractivity contribution is 5.59. The van der Waals surface area contributed by atoms with Crippen LogP contribution in [-0.4, -0.2) is 16.5 Å². The first kappa shape index (κ1) is 13.8. The molecule has 0 unspecified atom stereocenters. The summed E-state index contributed by atoms with van der Waals surface area (Å²) in [6.07, 6.45) is 0.759. The number of nitrogens with two attached hydrogens (primary N) is 1. The molecule has 0 atom stereocenters. The molecule has 6 nitrogen and oxygen atoms in total. The van der Waals surface area contributed by atoms with Gasteiger partial charge in [-0.15, -0.1) is 0 Å². The normalized spacial score (nSPS) is 10.2. The molecule has 2 aromatic rings. The average Bonchev–Trinajstić information content (AvgIpc) is 2.38. The van der Waals surface area contributed by atoms with E-state index in [4.69, 9.17) is 5.73 Å². The zero-order valence-corrected chi connectivity index (χ0v) is 11.2. The number of aromatic nitrogens is 1. The summed E-state index contributed by atoms with van der Waals surface area (Å²) in [4.78, 5) is 14.4. The van der Waals surface area contributed by atoms with E-state index < -0.39 is 4.92 Å². The molecule has 20 heavy (non-hydrogen) atoms. The minimum absolute atomic E-state index is 0.0663. The van der Waals surface area contributed by atoms with Gasteiger partial charge in [-0.25, -0.2) is 4.98 Å². The van der Waals surface area contributed by atoms with E-state index in [1.54, 1.807) is 0 Å². The molecule has 0 saturated carbocycles. The van der Waals surface area contributed by atoms with Gasteiger partial charge in [-0.05, 0) is 25.0 Å². The molecule has 1 heterocycles. The van der Waals surface area contributed by atoms with Gasteiger partial charge in [0.05, 0.1) is 4.92 Å². The Morgan fingerprint density at radius 2 is 2.15 bits per heavy atom. The van der Waals surface area contributed by atoms with Crippen molar-refractivity contribution in [1.29, 1.82) is 0 Å². The number of nitrogens with one attached hydrogen (secondary N) is 1. The second kappa shape index (κ2) is 6.01. The molecule has 0 aliphatic carbocycles. The Kier molecular flexibility index (Phi) is 4.14. The molecule has 104 valence electrons. The lowest BCUT2D eigenvalue weighted by Gasteiger charge is -2.07. The van der Waals surface area contributed by atoms with Crippen LogP contribution in [0.5, 0.6) is 0 Å². The van der Waals surface area contributed by atoms with Gasteiger partial charge in [0.1, 0.15) is 5.82 Å². The third-order valence-electron chi connectivity index (χ3n) is 2.88. The first-order chi connectivity index (χ1) is 9.56. The van der Waals surface area contributed by atoms with Crippen LogP contribution in [0.2, 0.25) is 0 Å². The van der Waals surface area contributed by atoms with Crippen molar-refractivity contribution in [3.63, 3.8) is 0 Å². The van der Waals surface area contributed by atoms with E-state index in [-0.39, 0.29) is 17.3 Å². The summed E-state index contributed by atoms with van der Waals surface area (Å²) in [5, 5.41) is 13.9. The number of benzene rings is 1. The molecule has 1 aromatic carbocycles. The lowest BCUT2D eigenvalue weighted by atomic mass is 10.1. The fourth-order valence-corrected chi connectivity index (χ4v) is 1.94. The van der Waals surface area contributed by atoms with Crippen LogP contribution in [0.15, 0.2) is 36.4 Å². The van der Waals surface area contributed by atoms with Crippen LogP contribution in [-0.2, 0) is 6.42 Å². The summed E-state index contributed by atoms with van der Waals surface area (Å²) >= 11 is 0. The number of nitrogen functional groups attached to an aromatic ring is 1. The Bertz CT molecular complexity index is 628. The Hall–Kier alpha value is -2.63. The highest BCUT2D eigenvalue weighted by Gasteiger charge is 2.14. The van der Waals surface area contributed by atoms with Crippen LogP contribution < -0.4 is 11.1 Å². The number of hydrogen-bond donors (Lipinski definition) is 2. The monoisotopic (exact) mass is 272 g/mol. The molecule has 0 saturated heterocycles. The fraction of sp³-hybridized carbons (Fsp3) is 0.214.